The predicted molar refractivity (Wildman–Crippen MR) is 68.7 cm³/mol. The molecule has 1 aromatic rings. The van der Waals surface area contributed by atoms with E-state index in [2.05, 4.69) is 19.1 Å². The van der Waals surface area contributed by atoms with Crippen LogP contribution in [0.3, 0.4) is 0 Å². The van der Waals surface area contributed by atoms with Crippen molar-refractivity contribution in [1.29, 1.82) is 0 Å². The third-order valence-corrected chi connectivity index (χ3v) is 2.46. The molecule has 0 aliphatic heterocycles. The molecule has 0 spiro atoms. The van der Waals surface area contributed by atoms with E-state index in [1.54, 1.807) is 7.11 Å². The maximum Gasteiger partial charge on any atom is 0.119 e. The van der Waals surface area contributed by atoms with Crippen LogP contribution in [0.4, 0.5) is 0 Å². The van der Waals surface area contributed by atoms with E-state index < -0.39 is 0 Å². The van der Waals surface area contributed by atoms with Crippen molar-refractivity contribution in [2.75, 3.05) is 33.5 Å². The smallest absolute Gasteiger partial charge is 0.119 e. The van der Waals surface area contributed by atoms with Crippen LogP contribution < -0.4 is 4.74 Å². The number of aryl methyl sites for hydroxylation is 1. The molecule has 0 fully saturated rings. The fourth-order valence-corrected chi connectivity index (χ4v) is 1.64. The van der Waals surface area contributed by atoms with Gasteiger partial charge in [-0.2, -0.15) is 0 Å². The number of ether oxygens (including phenoxy) is 3. The van der Waals surface area contributed by atoms with Crippen molar-refractivity contribution in [3.05, 3.63) is 29.3 Å². The van der Waals surface area contributed by atoms with Gasteiger partial charge in [0.15, 0.2) is 0 Å². The molecule has 0 aliphatic rings. The van der Waals surface area contributed by atoms with Crippen LogP contribution in [-0.2, 0) is 15.9 Å². The Hall–Kier alpha value is -1.06. The van der Waals surface area contributed by atoms with Crippen molar-refractivity contribution in [3.63, 3.8) is 0 Å². The first-order valence-electron chi connectivity index (χ1n) is 6.06. The summed E-state index contributed by atoms with van der Waals surface area (Å²) < 4.78 is 15.9. The molecule has 0 amide bonds. The van der Waals surface area contributed by atoms with Crippen LogP contribution in [0.15, 0.2) is 18.2 Å². The topological polar surface area (TPSA) is 27.7 Å². The summed E-state index contributed by atoms with van der Waals surface area (Å²) in [7, 11) is 1.69. The van der Waals surface area contributed by atoms with Crippen molar-refractivity contribution < 1.29 is 14.2 Å². The quantitative estimate of drug-likeness (QED) is 0.652. The van der Waals surface area contributed by atoms with Gasteiger partial charge in [-0.25, -0.2) is 0 Å². The molecule has 1 aromatic carbocycles. The van der Waals surface area contributed by atoms with Crippen LogP contribution in [0, 0.1) is 6.92 Å². The highest BCUT2D eigenvalue weighted by Crippen LogP contribution is 2.16. The maximum atomic E-state index is 5.49. The number of benzene rings is 1. The molecule has 0 bridgehead atoms. The van der Waals surface area contributed by atoms with Gasteiger partial charge in [0.25, 0.3) is 0 Å². The normalized spacial score (nSPS) is 10.5. The van der Waals surface area contributed by atoms with Gasteiger partial charge in [-0.3, -0.25) is 0 Å². The average molecular weight is 238 g/mol. The summed E-state index contributed by atoms with van der Waals surface area (Å²) in [4.78, 5) is 0. The Morgan fingerprint density at radius 2 is 1.76 bits per heavy atom. The van der Waals surface area contributed by atoms with E-state index in [4.69, 9.17) is 14.2 Å². The lowest BCUT2D eigenvalue weighted by Gasteiger charge is -2.07. The summed E-state index contributed by atoms with van der Waals surface area (Å²) in [6.07, 6.45) is 0.907. The van der Waals surface area contributed by atoms with Crippen LogP contribution >= 0.6 is 0 Å². The van der Waals surface area contributed by atoms with Gasteiger partial charge in [0.1, 0.15) is 5.75 Å². The van der Waals surface area contributed by atoms with Crippen LogP contribution in [0.1, 0.15) is 18.1 Å². The predicted octanol–water partition coefficient (Wildman–Crippen LogP) is 2.60. The molecule has 0 saturated carbocycles. The molecule has 0 N–H and O–H groups in total. The van der Waals surface area contributed by atoms with E-state index in [0.717, 1.165) is 25.4 Å². The van der Waals surface area contributed by atoms with Crippen molar-refractivity contribution in [1.82, 2.24) is 0 Å². The van der Waals surface area contributed by atoms with E-state index in [1.165, 1.54) is 11.1 Å². The van der Waals surface area contributed by atoms with Gasteiger partial charge in [0.2, 0.25) is 0 Å². The maximum absolute atomic E-state index is 5.49. The molecule has 0 radical (unpaired) electrons. The Bertz CT molecular complexity index is 323. The van der Waals surface area contributed by atoms with Gasteiger partial charge >= 0.3 is 0 Å². The summed E-state index contributed by atoms with van der Waals surface area (Å²) in [5.74, 6) is 0.911. The Balaban J connectivity index is 2.28. The van der Waals surface area contributed by atoms with Crippen molar-refractivity contribution in [3.8, 4) is 5.75 Å². The Morgan fingerprint density at radius 1 is 1.00 bits per heavy atom. The fraction of sp³-hybridized carbons (Fsp3) is 0.571. The second-order valence-electron chi connectivity index (χ2n) is 3.92. The highest BCUT2D eigenvalue weighted by molar-refractivity contribution is 5.33. The van der Waals surface area contributed by atoms with Crippen LogP contribution in [0.5, 0.6) is 5.75 Å². The van der Waals surface area contributed by atoms with Crippen molar-refractivity contribution in [2.24, 2.45) is 0 Å². The summed E-state index contributed by atoms with van der Waals surface area (Å²) in [6, 6.07) is 6.24. The molecule has 0 heterocycles. The Labute approximate surface area is 104 Å². The van der Waals surface area contributed by atoms with Gasteiger partial charge < -0.3 is 14.2 Å². The van der Waals surface area contributed by atoms with Gasteiger partial charge in [0, 0.05) is 6.61 Å². The lowest BCUT2D eigenvalue weighted by Crippen LogP contribution is -2.06. The van der Waals surface area contributed by atoms with E-state index in [0.29, 0.717) is 13.2 Å². The molecule has 0 saturated heterocycles. The van der Waals surface area contributed by atoms with Gasteiger partial charge in [-0.1, -0.05) is 6.07 Å². The highest BCUT2D eigenvalue weighted by Gasteiger charge is 1.99. The Kier molecular flexibility index (Phi) is 6.67. The van der Waals surface area contributed by atoms with E-state index in [1.807, 2.05) is 13.0 Å². The van der Waals surface area contributed by atoms with Gasteiger partial charge in [-0.15, -0.1) is 0 Å². The molecule has 1 rings (SSSR count). The third-order valence-electron chi connectivity index (χ3n) is 2.46. The van der Waals surface area contributed by atoms with Gasteiger partial charge in [0.05, 0.1) is 26.9 Å². The molecule has 96 valence electrons. The van der Waals surface area contributed by atoms with Crippen molar-refractivity contribution >= 4 is 0 Å². The zero-order chi connectivity index (χ0) is 12.5. The first kappa shape index (κ1) is 14.0. The van der Waals surface area contributed by atoms with Crippen LogP contribution in [-0.4, -0.2) is 33.5 Å². The number of methoxy groups -OCH3 is 1. The first-order chi connectivity index (χ1) is 8.26. The molecule has 0 atom stereocenters. The molecule has 17 heavy (non-hydrogen) atoms. The summed E-state index contributed by atoms with van der Waals surface area (Å²) in [6.45, 7) is 6.86. The molecule has 3 nitrogen and oxygen atoms in total. The summed E-state index contributed by atoms with van der Waals surface area (Å²) >= 11 is 0. The standard InChI is InChI=1S/C14H22O3/c1-4-16-7-8-17-6-5-13-9-12(2)10-14(11-13)15-3/h9-11H,4-8H2,1-3H3. The third kappa shape index (κ3) is 5.71. The monoisotopic (exact) mass is 238 g/mol. The average Bonchev–Trinajstić information content (AvgIpc) is 2.33. The van der Waals surface area contributed by atoms with Crippen LogP contribution in [0.2, 0.25) is 0 Å². The summed E-state index contributed by atoms with van der Waals surface area (Å²) in [5.41, 5.74) is 2.46. The second-order valence-corrected chi connectivity index (χ2v) is 3.92. The number of hydrogen-bond donors (Lipinski definition) is 0. The lowest BCUT2D eigenvalue weighted by molar-refractivity contribution is 0.0541. The molecule has 0 aliphatic carbocycles. The second kappa shape index (κ2) is 8.09. The Morgan fingerprint density at radius 3 is 2.47 bits per heavy atom. The largest absolute Gasteiger partial charge is 0.497 e. The van der Waals surface area contributed by atoms with E-state index >= 15 is 0 Å². The molecule has 0 aromatic heterocycles. The van der Waals surface area contributed by atoms with Crippen molar-refractivity contribution in [2.45, 2.75) is 20.3 Å². The minimum absolute atomic E-state index is 0.663. The SMILES string of the molecule is CCOCCOCCc1cc(C)cc(OC)c1. The highest BCUT2D eigenvalue weighted by atomic mass is 16.5. The van der Waals surface area contributed by atoms with Gasteiger partial charge in [-0.05, 0) is 43.5 Å². The number of rotatable bonds is 8. The minimum atomic E-state index is 0.663. The zero-order valence-electron chi connectivity index (χ0n) is 11.0. The lowest BCUT2D eigenvalue weighted by atomic mass is 10.1. The molecule has 3 heteroatoms. The van der Waals surface area contributed by atoms with E-state index in [-0.39, 0.29) is 0 Å². The summed E-state index contributed by atoms with van der Waals surface area (Å²) in [5, 5.41) is 0. The van der Waals surface area contributed by atoms with E-state index in [9.17, 15) is 0 Å². The molecule has 0 unspecified atom stereocenters. The zero-order valence-corrected chi connectivity index (χ0v) is 11.0. The molecular formula is C14H22O3. The minimum Gasteiger partial charge on any atom is -0.497 e. The fourth-order valence-electron chi connectivity index (χ4n) is 1.64. The van der Waals surface area contributed by atoms with Crippen LogP contribution in [0.25, 0.3) is 0 Å². The first-order valence-corrected chi connectivity index (χ1v) is 6.06. The number of hydrogen-bond acceptors (Lipinski definition) is 3. The molecular weight excluding hydrogens is 216 g/mol.